The van der Waals surface area contributed by atoms with Crippen LogP contribution in [-0.2, 0) is 17.8 Å². The molecule has 2 rings (SSSR count). The molecule has 1 aromatic rings. The molecule has 0 unspecified atom stereocenters. The van der Waals surface area contributed by atoms with Crippen molar-refractivity contribution in [3.63, 3.8) is 0 Å². The van der Waals surface area contributed by atoms with Gasteiger partial charge in [-0.2, -0.15) is 0 Å². The van der Waals surface area contributed by atoms with E-state index in [1.807, 2.05) is 13.2 Å². The molecule has 1 aromatic heterocycles. The Hall–Kier alpha value is -0.490. The normalized spacial score (nSPS) is 18.2. The standard InChI is InChI=1S/C10H17N3OS/c1-11-6-9-7-12-10(15-9)8-13-2-4-14-5-3-13/h7,11H,2-6,8H2,1H3. The summed E-state index contributed by atoms with van der Waals surface area (Å²) in [6, 6.07) is 0. The molecule has 1 aliphatic heterocycles. The number of nitrogens with one attached hydrogen (secondary N) is 1. The van der Waals surface area contributed by atoms with E-state index in [0.717, 1.165) is 39.4 Å². The number of morpholine rings is 1. The summed E-state index contributed by atoms with van der Waals surface area (Å²) < 4.78 is 5.31. The molecular weight excluding hydrogens is 210 g/mol. The molecule has 2 heterocycles. The first kappa shape index (κ1) is 11.0. The molecule has 0 spiro atoms. The fourth-order valence-electron chi connectivity index (χ4n) is 1.63. The number of aromatic nitrogens is 1. The van der Waals surface area contributed by atoms with E-state index in [1.54, 1.807) is 11.3 Å². The van der Waals surface area contributed by atoms with Crippen LogP contribution in [0.4, 0.5) is 0 Å². The van der Waals surface area contributed by atoms with Gasteiger partial charge in [0.15, 0.2) is 0 Å². The second kappa shape index (κ2) is 5.55. The zero-order chi connectivity index (χ0) is 10.5. The van der Waals surface area contributed by atoms with E-state index in [9.17, 15) is 0 Å². The van der Waals surface area contributed by atoms with Crippen LogP contribution in [0.1, 0.15) is 9.88 Å². The van der Waals surface area contributed by atoms with Crippen LogP contribution in [0.2, 0.25) is 0 Å². The van der Waals surface area contributed by atoms with Crippen molar-refractivity contribution in [2.75, 3.05) is 33.4 Å². The lowest BCUT2D eigenvalue weighted by atomic mass is 10.4. The van der Waals surface area contributed by atoms with Crippen LogP contribution < -0.4 is 5.32 Å². The van der Waals surface area contributed by atoms with Gasteiger partial charge in [-0.3, -0.25) is 4.90 Å². The Morgan fingerprint density at radius 1 is 1.53 bits per heavy atom. The summed E-state index contributed by atoms with van der Waals surface area (Å²) in [5.74, 6) is 0. The summed E-state index contributed by atoms with van der Waals surface area (Å²) in [5, 5.41) is 4.35. The maximum absolute atomic E-state index is 5.31. The van der Waals surface area contributed by atoms with E-state index in [2.05, 4.69) is 15.2 Å². The maximum atomic E-state index is 5.31. The highest BCUT2D eigenvalue weighted by Gasteiger charge is 2.12. The van der Waals surface area contributed by atoms with Crippen molar-refractivity contribution in [1.29, 1.82) is 0 Å². The Balaban J connectivity index is 1.86. The van der Waals surface area contributed by atoms with Crippen LogP contribution in [0.15, 0.2) is 6.20 Å². The number of ether oxygens (including phenoxy) is 1. The molecule has 0 saturated carbocycles. The van der Waals surface area contributed by atoms with Gasteiger partial charge in [-0.05, 0) is 7.05 Å². The van der Waals surface area contributed by atoms with Crippen LogP contribution >= 0.6 is 11.3 Å². The molecule has 84 valence electrons. The molecule has 1 N–H and O–H groups in total. The number of rotatable bonds is 4. The van der Waals surface area contributed by atoms with Crippen molar-refractivity contribution in [3.8, 4) is 0 Å². The van der Waals surface area contributed by atoms with Crippen LogP contribution in [-0.4, -0.2) is 43.2 Å². The Morgan fingerprint density at radius 3 is 3.07 bits per heavy atom. The molecule has 0 aliphatic carbocycles. The average Bonchev–Trinajstić information content (AvgIpc) is 2.68. The van der Waals surface area contributed by atoms with Gasteiger partial charge in [0.05, 0.1) is 19.8 Å². The molecule has 1 saturated heterocycles. The topological polar surface area (TPSA) is 37.4 Å². The minimum Gasteiger partial charge on any atom is -0.379 e. The zero-order valence-electron chi connectivity index (χ0n) is 9.03. The average molecular weight is 227 g/mol. The molecule has 0 amide bonds. The van der Waals surface area contributed by atoms with Gasteiger partial charge in [0.1, 0.15) is 5.01 Å². The summed E-state index contributed by atoms with van der Waals surface area (Å²) in [4.78, 5) is 8.13. The Bertz CT molecular complexity index is 297. The van der Waals surface area contributed by atoms with Gasteiger partial charge in [0, 0.05) is 30.7 Å². The van der Waals surface area contributed by atoms with E-state index >= 15 is 0 Å². The fourth-order valence-corrected chi connectivity index (χ4v) is 2.60. The Labute approximate surface area is 94.3 Å². The predicted octanol–water partition coefficient (Wildman–Crippen LogP) is 0.695. The van der Waals surface area contributed by atoms with Gasteiger partial charge in [0.2, 0.25) is 0 Å². The zero-order valence-corrected chi connectivity index (χ0v) is 9.85. The summed E-state index contributed by atoms with van der Waals surface area (Å²) in [6.07, 6.45) is 1.97. The summed E-state index contributed by atoms with van der Waals surface area (Å²) in [7, 11) is 1.96. The first-order chi connectivity index (χ1) is 7.38. The molecule has 1 fully saturated rings. The lowest BCUT2D eigenvalue weighted by Gasteiger charge is -2.25. The molecular formula is C10H17N3OS. The summed E-state index contributed by atoms with van der Waals surface area (Å²) >= 11 is 1.80. The van der Waals surface area contributed by atoms with Gasteiger partial charge in [-0.25, -0.2) is 4.98 Å². The number of thiazole rings is 1. The highest BCUT2D eigenvalue weighted by atomic mass is 32.1. The number of hydrogen-bond acceptors (Lipinski definition) is 5. The van der Waals surface area contributed by atoms with Crippen molar-refractivity contribution in [2.45, 2.75) is 13.1 Å². The smallest absolute Gasteiger partial charge is 0.107 e. The predicted molar refractivity (Wildman–Crippen MR) is 61.0 cm³/mol. The highest BCUT2D eigenvalue weighted by Crippen LogP contribution is 2.15. The van der Waals surface area contributed by atoms with E-state index in [-0.39, 0.29) is 0 Å². The van der Waals surface area contributed by atoms with Crippen LogP contribution in [0, 0.1) is 0 Å². The quantitative estimate of drug-likeness (QED) is 0.821. The molecule has 1 aliphatic rings. The van der Waals surface area contributed by atoms with Gasteiger partial charge < -0.3 is 10.1 Å². The lowest BCUT2D eigenvalue weighted by Crippen LogP contribution is -2.35. The van der Waals surface area contributed by atoms with E-state index in [1.165, 1.54) is 9.88 Å². The van der Waals surface area contributed by atoms with Crippen molar-refractivity contribution in [2.24, 2.45) is 0 Å². The third-order valence-electron chi connectivity index (χ3n) is 2.42. The molecule has 5 heteroatoms. The van der Waals surface area contributed by atoms with Crippen molar-refractivity contribution in [3.05, 3.63) is 16.1 Å². The van der Waals surface area contributed by atoms with Gasteiger partial charge in [0.25, 0.3) is 0 Å². The minimum atomic E-state index is 0.856. The molecule has 0 bridgehead atoms. The third kappa shape index (κ3) is 3.24. The number of hydrogen-bond donors (Lipinski definition) is 1. The van der Waals surface area contributed by atoms with E-state index in [4.69, 9.17) is 4.74 Å². The van der Waals surface area contributed by atoms with E-state index < -0.39 is 0 Å². The van der Waals surface area contributed by atoms with Crippen molar-refractivity contribution in [1.82, 2.24) is 15.2 Å². The lowest BCUT2D eigenvalue weighted by molar-refractivity contribution is 0.0341. The second-order valence-electron chi connectivity index (χ2n) is 3.64. The van der Waals surface area contributed by atoms with Crippen LogP contribution in [0.5, 0.6) is 0 Å². The van der Waals surface area contributed by atoms with Crippen molar-refractivity contribution < 1.29 is 4.74 Å². The molecule has 0 radical (unpaired) electrons. The highest BCUT2D eigenvalue weighted by molar-refractivity contribution is 7.11. The first-order valence-electron chi connectivity index (χ1n) is 5.27. The number of nitrogens with zero attached hydrogens (tertiary/aromatic N) is 2. The first-order valence-corrected chi connectivity index (χ1v) is 6.08. The van der Waals surface area contributed by atoms with E-state index in [0.29, 0.717) is 0 Å². The fraction of sp³-hybridized carbons (Fsp3) is 0.700. The van der Waals surface area contributed by atoms with Crippen molar-refractivity contribution >= 4 is 11.3 Å². The van der Waals surface area contributed by atoms with Crippen LogP contribution in [0.3, 0.4) is 0 Å². The van der Waals surface area contributed by atoms with Gasteiger partial charge in [-0.1, -0.05) is 0 Å². The SMILES string of the molecule is CNCc1cnc(CN2CCOCC2)s1. The Kier molecular flexibility index (Phi) is 4.08. The monoisotopic (exact) mass is 227 g/mol. The third-order valence-corrected chi connectivity index (χ3v) is 3.40. The summed E-state index contributed by atoms with van der Waals surface area (Å²) in [6.45, 7) is 5.66. The molecule has 4 nitrogen and oxygen atoms in total. The maximum Gasteiger partial charge on any atom is 0.107 e. The van der Waals surface area contributed by atoms with Gasteiger partial charge in [-0.15, -0.1) is 11.3 Å². The molecule has 0 atom stereocenters. The summed E-state index contributed by atoms with van der Waals surface area (Å²) in [5.41, 5.74) is 0. The van der Waals surface area contributed by atoms with Gasteiger partial charge >= 0.3 is 0 Å². The second-order valence-corrected chi connectivity index (χ2v) is 4.84. The van der Waals surface area contributed by atoms with Crippen LogP contribution in [0.25, 0.3) is 0 Å². The molecule has 15 heavy (non-hydrogen) atoms. The Morgan fingerprint density at radius 2 is 2.33 bits per heavy atom. The molecule has 0 aromatic carbocycles. The largest absolute Gasteiger partial charge is 0.379 e. The minimum absolute atomic E-state index is 0.856.